The summed E-state index contributed by atoms with van der Waals surface area (Å²) < 4.78 is 0. The Labute approximate surface area is 137 Å². The molecule has 5 nitrogen and oxygen atoms in total. The Kier molecular flexibility index (Phi) is 3.83. The molecule has 23 heavy (non-hydrogen) atoms. The molecule has 0 aliphatic carbocycles. The predicted octanol–water partition coefficient (Wildman–Crippen LogP) is 2.94. The largest absolute Gasteiger partial charge is 0.321 e. The number of amides is 2. The number of hydrogen-bond donors (Lipinski definition) is 1. The first kappa shape index (κ1) is 14.8. The van der Waals surface area contributed by atoms with Crippen LogP contribution in [0.2, 0.25) is 5.02 Å². The highest BCUT2D eigenvalue weighted by atomic mass is 35.5. The average molecular weight is 324 g/mol. The first-order valence-corrected chi connectivity index (χ1v) is 7.10. The van der Waals surface area contributed by atoms with E-state index in [0.717, 1.165) is 4.90 Å². The molecule has 3 rings (SSSR count). The van der Waals surface area contributed by atoms with Crippen molar-refractivity contribution >= 4 is 34.8 Å². The van der Waals surface area contributed by atoms with Crippen LogP contribution in [0.4, 0.5) is 5.69 Å². The zero-order chi connectivity index (χ0) is 16.4. The summed E-state index contributed by atoms with van der Waals surface area (Å²) in [4.78, 5) is 25.1. The zero-order valence-corrected chi connectivity index (χ0v) is 12.5. The second kappa shape index (κ2) is 5.95. The molecule has 0 saturated carbocycles. The molecule has 2 aromatic carbocycles. The summed E-state index contributed by atoms with van der Waals surface area (Å²) in [6.07, 6.45) is 3.07. The van der Waals surface area contributed by atoms with E-state index < -0.39 is 5.91 Å². The number of carbonyl (C=O) groups is 2. The molecule has 0 aromatic heterocycles. The molecule has 0 bridgehead atoms. The molecule has 0 spiro atoms. The van der Waals surface area contributed by atoms with Gasteiger partial charge in [0.25, 0.3) is 11.8 Å². The maximum atomic E-state index is 12.4. The van der Waals surface area contributed by atoms with Crippen LogP contribution in [-0.4, -0.2) is 11.8 Å². The van der Waals surface area contributed by atoms with E-state index in [1.807, 2.05) is 6.19 Å². The van der Waals surface area contributed by atoms with E-state index in [1.54, 1.807) is 48.5 Å². The molecule has 1 aliphatic heterocycles. The lowest BCUT2D eigenvalue weighted by Gasteiger charge is -2.12. The topological polar surface area (TPSA) is 73.2 Å². The molecular weight excluding hydrogens is 314 g/mol. The molecular formula is C17H10ClN3O2. The van der Waals surface area contributed by atoms with E-state index in [-0.39, 0.29) is 5.91 Å². The molecule has 1 aliphatic rings. The molecule has 0 atom stereocenters. The minimum atomic E-state index is -0.554. The summed E-state index contributed by atoms with van der Waals surface area (Å²) in [5.74, 6) is -0.823. The molecule has 2 amide bonds. The van der Waals surface area contributed by atoms with E-state index in [0.29, 0.717) is 27.5 Å². The van der Waals surface area contributed by atoms with Crippen molar-refractivity contribution < 1.29 is 9.59 Å². The van der Waals surface area contributed by atoms with Gasteiger partial charge < -0.3 is 5.32 Å². The minimum absolute atomic E-state index is 0.269. The van der Waals surface area contributed by atoms with Crippen LogP contribution in [0.3, 0.4) is 0 Å². The Balaban J connectivity index is 1.93. The van der Waals surface area contributed by atoms with Crippen LogP contribution < -0.4 is 10.2 Å². The van der Waals surface area contributed by atoms with Gasteiger partial charge >= 0.3 is 0 Å². The number of nitriles is 1. The summed E-state index contributed by atoms with van der Waals surface area (Å²) in [5, 5.41) is 12.4. The van der Waals surface area contributed by atoms with Crippen molar-refractivity contribution in [1.29, 1.82) is 5.26 Å². The van der Waals surface area contributed by atoms with Crippen LogP contribution >= 0.6 is 11.6 Å². The maximum Gasteiger partial charge on any atom is 0.266 e. The van der Waals surface area contributed by atoms with Crippen LogP contribution in [0.15, 0.2) is 54.6 Å². The van der Waals surface area contributed by atoms with E-state index in [2.05, 4.69) is 5.32 Å². The number of anilines is 1. The fraction of sp³-hybridized carbons (Fsp3) is 0. The number of hydrogen-bond acceptors (Lipinski definition) is 3. The first-order chi connectivity index (χ1) is 11.1. The molecule has 1 heterocycles. The van der Waals surface area contributed by atoms with Crippen LogP contribution in [0.5, 0.6) is 0 Å². The van der Waals surface area contributed by atoms with E-state index in [9.17, 15) is 14.9 Å². The lowest BCUT2D eigenvalue weighted by atomic mass is 10.1. The number of rotatable bonds is 2. The van der Waals surface area contributed by atoms with Crippen molar-refractivity contribution in [2.75, 3.05) is 4.90 Å². The standard InChI is InChI=1S/C17H10ClN3O2/c18-11-5-7-12(8-6-11)21(10-19)16(22)9-15-13-3-1-2-4-14(13)17(23)20-15/h1-9H,(H,20,23). The van der Waals surface area contributed by atoms with Crippen LogP contribution in [0.1, 0.15) is 15.9 Å². The first-order valence-electron chi connectivity index (χ1n) is 6.72. The summed E-state index contributed by atoms with van der Waals surface area (Å²) in [7, 11) is 0. The molecule has 1 N–H and O–H groups in total. The van der Waals surface area contributed by atoms with Gasteiger partial charge in [-0.1, -0.05) is 29.8 Å². The summed E-state index contributed by atoms with van der Waals surface area (Å²) in [6, 6.07) is 13.3. The highest BCUT2D eigenvalue weighted by Crippen LogP contribution is 2.25. The quantitative estimate of drug-likeness (QED) is 0.524. The van der Waals surface area contributed by atoms with Crippen molar-refractivity contribution in [2.24, 2.45) is 0 Å². The second-order valence-electron chi connectivity index (χ2n) is 4.81. The third-order valence-electron chi connectivity index (χ3n) is 3.38. The van der Waals surface area contributed by atoms with E-state index in [1.165, 1.54) is 6.08 Å². The van der Waals surface area contributed by atoms with Gasteiger partial charge in [0.05, 0.1) is 11.4 Å². The lowest BCUT2D eigenvalue weighted by Crippen LogP contribution is -2.24. The number of nitrogens with zero attached hydrogens (tertiary/aromatic N) is 2. The third kappa shape index (κ3) is 2.80. The van der Waals surface area contributed by atoms with E-state index >= 15 is 0 Å². The van der Waals surface area contributed by atoms with Gasteiger partial charge in [0.1, 0.15) is 0 Å². The Morgan fingerprint density at radius 2 is 1.78 bits per heavy atom. The summed E-state index contributed by atoms with van der Waals surface area (Å²) in [5.41, 5.74) is 1.92. The SMILES string of the molecule is N#CN(C(=O)C=C1NC(=O)c2ccccc21)c1ccc(Cl)cc1. The molecule has 2 aromatic rings. The Morgan fingerprint density at radius 3 is 2.43 bits per heavy atom. The van der Waals surface area contributed by atoms with E-state index in [4.69, 9.17) is 11.6 Å². The van der Waals surface area contributed by atoms with Gasteiger partial charge in [-0.2, -0.15) is 5.26 Å². The Bertz CT molecular complexity index is 866. The van der Waals surface area contributed by atoms with Gasteiger partial charge in [-0.25, -0.2) is 4.90 Å². The molecule has 0 fully saturated rings. The summed E-state index contributed by atoms with van der Waals surface area (Å²) >= 11 is 5.80. The highest BCUT2D eigenvalue weighted by Gasteiger charge is 2.24. The van der Waals surface area contributed by atoms with Gasteiger partial charge in [-0.05, 0) is 30.3 Å². The fourth-order valence-electron chi connectivity index (χ4n) is 2.30. The molecule has 112 valence electrons. The van der Waals surface area contributed by atoms with Crippen LogP contribution in [-0.2, 0) is 4.79 Å². The molecule has 0 saturated heterocycles. The Hall–Kier alpha value is -3.10. The molecule has 0 unspecified atom stereocenters. The van der Waals surface area contributed by atoms with Crippen molar-refractivity contribution in [1.82, 2.24) is 5.32 Å². The molecule has 6 heteroatoms. The normalized spacial score (nSPS) is 14.1. The van der Waals surface area contributed by atoms with Gasteiger partial charge in [-0.3, -0.25) is 9.59 Å². The number of fused-ring (bicyclic) bond motifs is 1. The van der Waals surface area contributed by atoms with Gasteiger partial charge in [0.15, 0.2) is 6.19 Å². The second-order valence-corrected chi connectivity index (χ2v) is 5.24. The van der Waals surface area contributed by atoms with Gasteiger partial charge in [0.2, 0.25) is 0 Å². The molecule has 0 radical (unpaired) electrons. The Morgan fingerprint density at radius 1 is 1.13 bits per heavy atom. The number of carbonyl (C=O) groups excluding carboxylic acids is 2. The summed E-state index contributed by atoms with van der Waals surface area (Å²) in [6.45, 7) is 0. The third-order valence-corrected chi connectivity index (χ3v) is 3.64. The average Bonchev–Trinajstić information content (AvgIpc) is 2.86. The smallest absolute Gasteiger partial charge is 0.266 e. The van der Waals surface area contributed by atoms with Crippen molar-refractivity contribution in [3.05, 3.63) is 70.8 Å². The minimum Gasteiger partial charge on any atom is -0.321 e. The van der Waals surface area contributed by atoms with Crippen LogP contribution in [0.25, 0.3) is 5.70 Å². The monoisotopic (exact) mass is 323 g/mol. The fourth-order valence-corrected chi connectivity index (χ4v) is 2.43. The van der Waals surface area contributed by atoms with Crippen molar-refractivity contribution in [3.8, 4) is 6.19 Å². The van der Waals surface area contributed by atoms with Crippen molar-refractivity contribution in [3.63, 3.8) is 0 Å². The lowest BCUT2D eigenvalue weighted by molar-refractivity contribution is -0.113. The van der Waals surface area contributed by atoms with Crippen LogP contribution in [0, 0.1) is 11.5 Å². The maximum absolute atomic E-state index is 12.4. The number of nitrogens with one attached hydrogen (secondary N) is 1. The zero-order valence-electron chi connectivity index (χ0n) is 11.8. The highest BCUT2D eigenvalue weighted by molar-refractivity contribution is 6.30. The van der Waals surface area contributed by atoms with Gasteiger partial charge in [0, 0.05) is 22.2 Å². The number of benzene rings is 2. The van der Waals surface area contributed by atoms with Crippen molar-refractivity contribution in [2.45, 2.75) is 0 Å². The number of halogens is 1. The van der Waals surface area contributed by atoms with Gasteiger partial charge in [-0.15, -0.1) is 0 Å². The predicted molar refractivity (Wildman–Crippen MR) is 86.4 cm³/mol.